The van der Waals surface area contributed by atoms with Crippen LogP contribution in [0, 0.1) is 6.92 Å². The number of para-hydroxylation sites is 1. The van der Waals surface area contributed by atoms with Crippen molar-refractivity contribution in [1.82, 2.24) is 9.97 Å². The smallest absolute Gasteiger partial charge is 0.239 e. The lowest BCUT2D eigenvalue weighted by Crippen LogP contribution is -2.16. The molecule has 0 saturated heterocycles. The molecule has 3 N–H and O–H groups in total. The number of hydrogen-bond donors (Lipinski definition) is 2. The van der Waals surface area contributed by atoms with Crippen molar-refractivity contribution >= 4 is 28.4 Å². The molecule has 5 nitrogen and oxygen atoms in total. The van der Waals surface area contributed by atoms with E-state index in [1.54, 1.807) is 0 Å². The highest BCUT2D eigenvalue weighted by Gasteiger charge is 2.12. The highest BCUT2D eigenvalue weighted by Crippen LogP contribution is 2.29. The fourth-order valence-corrected chi connectivity index (χ4v) is 2.34. The van der Waals surface area contributed by atoms with Crippen LogP contribution in [0.1, 0.15) is 5.56 Å². The van der Waals surface area contributed by atoms with Gasteiger partial charge in [0.15, 0.2) is 0 Å². The van der Waals surface area contributed by atoms with Crippen molar-refractivity contribution in [2.45, 2.75) is 6.92 Å². The topological polar surface area (TPSA) is 67.1 Å². The van der Waals surface area contributed by atoms with Crippen LogP contribution in [-0.4, -0.2) is 17.0 Å². The summed E-state index contributed by atoms with van der Waals surface area (Å²) in [6, 6.07) is 16.2. The summed E-state index contributed by atoms with van der Waals surface area (Å²) in [7, 11) is 1.99. The molecule has 106 valence electrons. The first-order valence-electron chi connectivity index (χ1n) is 6.73. The normalized spacial score (nSPS) is 10.6. The SMILES string of the molecule is Cc1cccc(N(C)c2nc(NN)nc3ccccc23)c1. The fraction of sp³-hybridized carbons (Fsp3) is 0.125. The van der Waals surface area contributed by atoms with E-state index in [0.717, 1.165) is 22.4 Å². The molecule has 1 heterocycles. The maximum absolute atomic E-state index is 5.48. The van der Waals surface area contributed by atoms with E-state index < -0.39 is 0 Å². The highest BCUT2D eigenvalue weighted by molar-refractivity contribution is 5.92. The average molecular weight is 279 g/mol. The van der Waals surface area contributed by atoms with Gasteiger partial charge in [-0.1, -0.05) is 24.3 Å². The Morgan fingerprint density at radius 3 is 2.62 bits per heavy atom. The lowest BCUT2D eigenvalue weighted by Gasteiger charge is -2.21. The number of nitrogens with one attached hydrogen (secondary N) is 1. The van der Waals surface area contributed by atoms with Crippen LogP contribution in [0.3, 0.4) is 0 Å². The second-order valence-corrected chi connectivity index (χ2v) is 4.93. The van der Waals surface area contributed by atoms with Gasteiger partial charge < -0.3 is 4.90 Å². The Kier molecular flexibility index (Phi) is 3.41. The minimum absolute atomic E-state index is 0.406. The zero-order valence-electron chi connectivity index (χ0n) is 12.0. The van der Waals surface area contributed by atoms with E-state index in [4.69, 9.17) is 5.84 Å². The van der Waals surface area contributed by atoms with Crippen molar-refractivity contribution in [2.75, 3.05) is 17.4 Å². The molecule has 0 fully saturated rings. The first-order chi connectivity index (χ1) is 10.2. The van der Waals surface area contributed by atoms with E-state index in [0.29, 0.717) is 5.95 Å². The molecule has 0 saturated carbocycles. The second kappa shape index (κ2) is 5.38. The van der Waals surface area contributed by atoms with E-state index in [-0.39, 0.29) is 0 Å². The lowest BCUT2D eigenvalue weighted by molar-refractivity contribution is 1.09. The van der Waals surface area contributed by atoms with Gasteiger partial charge >= 0.3 is 0 Å². The molecule has 0 amide bonds. The van der Waals surface area contributed by atoms with Gasteiger partial charge in [-0.3, -0.25) is 5.43 Å². The van der Waals surface area contributed by atoms with Crippen molar-refractivity contribution in [1.29, 1.82) is 0 Å². The minimum Gasteiger partial charge on any atom is -0.329 e. The predicted molar refractivity (Wildman–Crippen MR) is 86.6 cm³/mol. The van der Waals surface area contributed by atoms with Crippen LogP contribution in [0.5, 0.6) is 0 Å². The number of benzene rings is 2. The van der Waals surface area contributed by atoms with Crippen LogP contribution in [-0.2, 0) is 0 Å². The van der Waals surface area contributed by atoms with Crippen molar-refractivity contribution in [3.63, 3.8) is 0 Å². The third-order valence-electron chi connectivity index (χ3n) is 3.42. The summed E-state index contributed by atoms with van der Waals surface area (Å²) in [5.74, 6) is 6.70. The van der Waals surface area contributed by atoms with Gasteiger partial charge in [-0.15, -0.1) is 0 Å². The van der Waals surface area contributed by atoms with Crippen LogP contribution >= 0.6 is 0 Å². The monoisotopic (exact) mass is 279 g/mol. The number of anilines is 3. The van der Waals surface area contributed by atoms with E-state index in [2.05, 4.69) is 40.5 Å². The minimum atomic E-state index is 0.406. The zero-order chi connectivity index (χ0) is 14.8. The Balaban J connectivity index is 2.18. The highest BCUT2D eigenvalue weighted by atomic mass is 15.3. The molecule has 5 heteroatoms. The number of nitrogens with two attached hydrogens (primary N) is 1. The molecule has 0 bridgehead atoms. The second-order valence-electron chi connectivity index (χ2n) is 4.93. The third kappa shape index (κ3) is 2.51. The summed E-state index contributed by atoms with van der Waals surface area (Å²) in [5, 5.41) is 0.987. The fourth-order valence-electron chi connectivity index (χ4n) is 2.34. The van der Waals surface area contributed by atoms with Gasteiger partial charge in [0.05, 0.1) is 5.52 Å². The third-order valence-corrected chi connectivity index (χ3v) is 3.42. The number of rotatable bonds is 3. The summed E-state index contributed by atoms with van der Waals surface area (Å²) >= 11 is 0. The molecule has 1 aromatic heterocycles. The van der Waals surface area contributed by atoms with Crippen molar-refractivity contribution < 1.29 is 0 Å². The van der Waals surface area contributed by atoms with Crippen molar-refractivity contribution in [3.05, 3.63) is 54.1 Å². The number of aromatic nitrogens is 2. The molecular weight excluding hydrogens is 262 g/mol. The summed E-state index contributed by atoms with van der Waals surface area (Å²) in [4.78, 5) is 10.9. The first-order valence-corrected chi connectivity index (χ1v) is 6.73. The van der Waals surface area contributed by atoms with Gasteiger partial charge in [0.2, 0.25) is 5.95 Å². The van der Waals surface area contributed by atoms with Gasteiger partial charge in [0.1, 0.15) is 5.82 Å². The molecular formula is C16H17N5. The van der Waals surface area contributed by atoms with Crippen LogP contribution in [0.25, 0.3) is 10.9 Å². The average Bonchev–Trinajstić information content (AvgIpc) is 2.53. The number of aryl methyl sites for hydroxylation is 1. The predicted octanol–water partition coefficient (Wildman–Crippen LogP) is 2.99. The van der Waals surface area contributed by atoms with Gasteiger partial charge in [0, 0.05) is 18.1 Å². The molecule has 3 aromatic rings. The molecule has 0 spiro atoms. The van der Waals surface area contributed by atoms with Crippen LogP contribution in [0.15, 0.2) is 48.5 Å². The Morgan fingerprint density at radius 2 is 1.86 bits per heavy atom. The molecule has 3 rings (SSSR count). The molecule has 0 atom stereocenters. The van der Waals surface area contributed by atoms with Gasteiger partial charge in [0.25, 0.3) is 0 Å². The largest absolute Gasteiger partial charge is 0.329 e. The summed E-state index contributed by atoms with van der Waals surface area (Å²) < 4.78 is 0. The maximum Gasteiger partial charge on any atom is 0.239 e. The molecule has 0 unspecified atom stereocenters. The Morgan fingerprint density at radius 1 is 1.05 bits per heavy atom. The summed E-state index contributed by atoms with van der Waals surface area (Å²) in [6.07, 6.45) is 0. The Labute approximate surface area is 123 Å². The Hall–Kier alpha value is -2.66. The van der Waals surface area contributed by atoms with Gasteiger partial charge in [-0.25, -0.2) is 10.8 Å². The zero-order valence-corrected chi connectivity index (χ0v) is 12.0. The number of hydrogen-bond acceptors (Lipinski definition) is 5. The van der Waals surface area contributed by atoms with E-state index in [1.807, 2.05) is 42.3 Å². The Bertz CT molecular complexity index is 784. The number of nitrogens with zero attached hydrogens (tertiary/aromatic N) is 3. The van der Waals surface area contributed by atoms with E-state index in [9.17, 15) is 0 Å². The lowest BCUT2D eigenvalue weighted by atomic mass is 10.2. The summed E-state index contributed by atoms with van der Waals surface area (Å²) in [5.41, 5.74) is 5.66. The molecule has 0 radical (unpaired) electrons. The van der Waals surface area contributed by atoms with Gasteiger partial charge in [-0.05, 0) is 36.8 Å². The van der Waals surface area contributed by atoms with Crippen LogP contribution < -0.4 is 16.2 Å². The van der Waals surface area contributed by atoms with Crippen molar-refractivity contribution in [2.24, 2.45) is 5.84 Å². The van der Waals surface area contributed by atoms with E-state index >= 15 is 0 Å². The molecule has 0 aliphatic rings. The summed E-state index contributed by atoms with van der Waals surface area (Å²) in [6.45, 7) is 2.07. The number of hydrazine groups is 1. The van der Waals surface area contributed by atoms with Crippen LogP contribution in [0.2, 0.25) is 0 Å². The van der Waals surface area contributed by atoms with E-state index in [1.165, 1.54) is 5.56 Å². The first kappa shape index (κ1) is 13.3. The maximum atomic E-state index is 5.48. The molecule has 0 aliphatic heterocycles. The number of nitrogen functional groups attached to an aromatic ring is 1. The molecule has 21 heavy (non-hydrogen) atoms. The van der Waals surface area contributed by atoms with Gasteiger partial charge in [-0.2, -0.15) is 4.98 Å². The quantitative estimate of drug-likeness (QED) is 0.570. The number of fused-ring (bicyclic) bond motifs is 1. The van der Waals surface area contributed by atoms with Crippen LogP contribution in [0.4, 0.5) is 17.5 Å². The molecule has 2 aromatic carbocycles. The van der Waals surface area contributed by atoms with Crippen molar-refractivity contribution in [3.8, 4) is 0 Å². The molecule has 0 aliphatic carbocycles. The standard InChI is InChI=1S/C16H17N5/c1-11-6-5-7-12(10-11)21(2)15-13-8-3-4-9-14(13)18-16(19-15)20-17/h3-10H,17H2,1-2H3,(H,18,19,20).